The van der Waals surface area contributed by atoms with Gasteiger partial charge in [0.25, 0.3) is 0 Å². The van der Waals surface area contributed by atoms with E-state index in [0.717, 1.165) is 0 Å². The summed E-state index contributed by atoms with van der Waals surface area (Å²) in [6.45, 7) is 0. The Morgan fingerprint density at radius 3 is 0.625 bits per heavy atom. The van der Waals surface area contributed by atoms with Crippen LogP contribution in [-0.4, -0.2) is 48.4 Å². The molecule has 0 spiro atoms. The van der Waals surface area contributed by atoms with Gasteiger partial charge in [-0.2, -0.15) is 0 Å². The molecule has 0 atom stereocenters. The Hall–Kier alpha value is 1.12. The summed E-state index contributed by atoms with van der Waals surface area (Å²) in [6, 6.07) is 0. The fraction of sp³-hybridized carbons (Fsp3) is 0. The molecule has 0 aliphatic rings. The van der Waals surface area contributed by atoms with Gasteiger partial charge in [-0.3, -0.25) is 0 Å². The van der Waals surface area contributed by atoms with Crippen LogP contribution in [0.15, 0.2) is 0 Å². The van der Waals surface area contributed by atoms with Crippen LogP contribution in [0.4, 0.5) is 0 Å². The molecule has 8 heavy (non-hydrogen) atoms. The molecular weight excluding hydrogens is 345 g/mol. The molecule has 48 valence electrons. The van der Waals surface area contributed by atoms with Crippen LogP contribution < -0.4 is 23.5 Å². The van der Waals surface area contributed by atoms with Crippen LogP contribution in [0.1, 0.15) is 0 Å². The Kier molecular flexibility index (Phi) is 5500. The Labute approximate surface area is 74.7 Å². The standard InChI is InChI=1S/5FH.In.O.Sn/h5*1H;;;/q;;;;;+3;;+2/p-5. The van der Waals surface area contributed by atoms with E-state index in [9.17, 15) is 0 Å². The van der Waals surface area contributed by atoms with Gasteiger partial charge in [-0.15, -0.1) is 0 Å². The minimum absolute atomic E-state index is 0. The normalized spacial score (nSPS) is 0.750. The van der Waals surface area contributed by atoms with Crippen molar-refractivity contribution < 1.29 is 26.6 Å². The van der Waals surface area contributed by atoms with E-state index in [1.165, 1.54) is 0 Å². The van der Waals surface area contributed by atoms with Crippen molar-refractivity contribution in [3.63, 3.8) is 0 Å². The van der Waals surface area contributed by atoms with Gasteiger partial charge < -0.3 is 23.5 Å². The van der Waals surface area contributed by atoms with Gasteiger partial charge in [0.2, 0.25) is 0 Å². The van der Waals surface area contributed by atoms with Crippen LogP contribution in [0.5, 0.6) is 0 Å². The third kappa shape index (κ3) is 213. The first kappa shape index (κ1) is 134. The topological polar surface area (TPSA) is 17.1 Å². The van der Waals surface area contributed by atoms with E-state index in [0.29, 0.717) is 22.5 Å². The average Bonchev–Trinajstić information content (AvgIpc) is 1.00. The summed E-state index contributed by atoms with van der Waals surface area (Å²) in [6.07, 6.45) is 0. The summed E-state index contributed by atoms with van der Waals surface area (Å²) in [4.78, 5) is 0. The quantitative estimate of drug-likeness (QED) is 0.315. The molecule has 8 heteroatoms. The van der Waals surface area contributed by atoms with Gasteiger partial charge in [-0.25, -0.2) is 0 Å². The van der Waals surface area contributed by atoms with E-state index in [4.69, 9.17) is 3.08 Å². The van der Waals surface area contributed by atoms with E-state index in [2.05, 4.69) is 0 Å². The molecule has 0 fully saturated rings. The molecule has 0 aromatic rings. The Bertz CT molecular complexity index is 12.4. The van der Waals surface area contributed by atoms with Crippen LogP contribution in [0, 0.1) is 0 Å². The SMILES string of the molecule is [F-].[F-].[F-].[F-].[F-].[In+3].[O]=[Sn+2]. The molecule has 0 bridgehead atoms. The van der Waals surface area contributed by atoms with E-state index in [1.807, 2.05) is 0 Å². The van der Waals surface area contributed by atoms with Gasteiger partial charge in [0, 0.05) is 0 Å². The van der Waals surface area contributed by atoms with Crippen LogP contribution in [0.2, 0.25) is 0 Å². The first-order chi connectivity index (χ1) is 1.00. The Balaban J connectivity index is -0.000000000333. The zero-order chi connectivity index (χ0) is 2.00. The fourth-order valence-electron chi connectivity index (χ4n) is 0. The summed E-state index contributed by atoms with van der Waals surface area (Å²) < 4.78 is 8.34. The molecule has 0 heterocycles. The van der Waals surface area contributed by atoms with E-state index in [-0.39, 0.29) is 49.4 Å². The van der Waals surface area contributed by atoms with E-state index >= 15 is 0 Å². The summed E-state index contributed by atoms with van der Waals surface area (Å²) in [5, 5.41) is 0. The molecule has 0 aliphatic heterocycles. The van der Waals surface area contributed by atoms with Crippen LogP contribution in [0.25, 0.3) is 0 Å². The summed E-state index contributed by atoms with van der Waals surface area (Å²) in [7, 11) is 0. The van der Waals surface area contributed by atoms with Crippen molar-refractivity contribution in [1.82, 2.24) is 0 Å². The van der Waals surface area contributed by atoms with Gasteiger partial charge >= 0.3 is 51.4 Å². The Morgan fingerprint density at radius 2 is 0.625 bits per heavy atom. The van der Waals surface area contributed by atoms with Gasteiger partial charge in [0.1, 0.15) is 0 Å². The monoisotopic (exact) mass is 346 g/mol. The second-order valence-electron chi connectivity index (χ2n) is 0. The van der Waals surface area contributed by atoms with Crippen molar-refractivity contribution >= 4 is 48.4 Å². The van der Waals surface area contributed by atoms with Crippen LogP contribution in [-0.2, 0) is 3.08 Å². The molecular formula is F5InOSn. The number of rotatable bonds is 0. The molecule has 0 saturated carbocycles. The number of hydrogen-bond acceptors (Lipinski definition) is 1. The van der Waals surface area contributed by atoms with Crippen molar-refractivity contribution in [3.05, 3.63) is 0 Å². The fourth-order valence-corrected chi connectivity index (χ4v) is 0. The van der Waals surface area contributed by atoms with E-state index in [1.54, 1.807) is 0 Å². The van der Waals surface area contributed by atoms with Gasteiger partial charge in [0.05, 0.1) is 0 Å². The molecule has 0 aliphatic carbocycles. The molecule has 0 amide bonds. The molecule has 0 rings (SSSR count). The van der Waals surface area contributed by atoms with Crippen molar-refractivity contribution in [2.45, 2.75) is 0 Å². The molecule has 0 saturated heterocycles. The van der Waals surface area contributed by atoms with Crippen molar-refractivity contribution in [3.8, 4) is 0 Å². The summed E-state index contributed by atoms with van der Waals surface area (Å²) in [5.74, 6) is 0. The molecule has 0 aromatic carbocycles. The van der Waals surface area contributed by atoms with Crippen molar-refractivity contribution in [2.24, 2.45) is 0 Å². The van der Waals surface area contributed by atoms with Gasteiger partial charge in [-0.1, -0.05) is 0 Å². The predicted molar refractivity (Wildman–Crippen MR) is 12.2 cm³/mol. The van der Waals surface area contributed by atoms with Crippen molar-refractivity contribution in [2.75, 3.05) is 0 Å². The summed E-state index contributed by atoms with van der Waals surface area (Å²) in [5.41, 5.74) is 0. The van der Waals surface area contributed by atoms with Crippen LogP contribution in [0.3, 0.4) is 0 Å². The van der Waals surface area contributed by atoms with Crippen molar-refractivity contribution in [1.29, 1.82) is 0 Å². The third-order valence-electron chi connectivity index (χ3n) is 0. The maximum atomic E-state index is 8.34. The first-order valence-electron chi connectivity index (χ1n) is 0.204. The zero-order valence-electron chi connectivity index (χ0n) is 3.38. The third-order valence-corrected chi connectivity index (χ3v) is 0. The molecule has 0 unspecified atom stereocenters. The van der Waals surface area contributed by atoms with Gasteiger partial charge in [-0.05, 0) is 0 Å². The average molecular weight is 345 g/mol. The zero-order valence-corrected chi connectivity index (χ0v) is 9.53. The second-order valence-corrected chi connectivity index (χ2v) is 0. The number of hydrogen-bond donors (Lipinski definition) is 0. The molecule has 0 radical (unpaired) electrons. The molecule has 1 nitrogen and oxygen atoms in total. The number of halogens is 5. The first-order valence-corrected chi connectivity index (χ1v) is 1.37. The predicted octanol–water partition coefficient (Wildman–Crippen LogP) is -15.9. The summed E-state index contributed by atoms with van der Waals surface area (Å²) >= 11 is 0.300. The molecule has 0 aromatic heterocycles. The van der Waals surface area contributed by atoms with E-state index < -0.39 is 0 Å². The minimum atomic E-state index is 0. The van der Waals surface area contributed by atoms with Crippen LogP contribution >= 0.6 is 0 Å². The molecule has 0 N–H and O–H groups in total. The van der Waals surface area contributed by atoms with Gasteiger partial charge in [0.15, 0.2) is 0 Å². The maximum absolute atomic E-state index is 8.34. The second kappa shape index (κ2) is 329. The Morgan fingerprint density at radius 1 is 0.625 bits per heavy atom.